The molecule has 0 spiro atoms. The van der Waals surface area contributed by atoms with Gasteiger partial charge < -0.3 is 15.1 Å². The maximum atomic E-state index is 10.6. The van der Waals surface area contributed by atoms with Gasteiger partial charge in [0, 0.05) is 12.6 Å². The number of likely N-dealkylation sites (tertiary alicyclic amines) is 1. The Labute approximate surface area is 89.5 Å². The van der Waals surface area contributed by atoms with Crippen LogP contribution in [0.15, 0.2) is 0 Å². The van der Waals surface area contributed by atoms with Crippen LogP contribution in [0, 0.1) is 0 Å². The second kappa shape index (κ2) is 5.57. The molecular weight excluding hydrogens is 231 g/mol. The molecule has 0 bridgehead atoms. The Morgan fingerprint density at radius 2 is 1.75 bits per heavy atom. The molecule has 1 heterocycles. The fraction of sp³-hybridized carbons (Fsp3) is 0.750. The van der Waals surface area contributed by atoms with Gasteiger partial charge in [0.15, 0.2) is 0 Å². The number of rotatable bonds is 0. The minimum Gasteiger partial charge on any atom is -0.475 e. The summed E-state index contributed by atoms with van der Waals surface area (Å²) < 4.78 is 31.7. The standard InChI is InChI=1S/C6H11NO2.C2HF3O2/c1-5-3-2-4-7(5)6(8)9;3-2(4,5)1(6)7/h5H,2-4H2,1H3,(H,8,9);(H,6,7). The number of carboxylic acid groups (broad SMARTS) is 2. The van der Waals surface area contributed by atoms with Gasteiger partial charge in [0.25, 0.3) is 0 Å². The maximum absolute atomic E-state index is 10.6. The lowest BCUT2D eigenvalue weighted by atomic mass is 10.2. The molecule has 0 aromatic rings. The number of aliphatic carboxylic acids is 1. The Bertz CT molecular complexity index is 266. The summed E-state index contributed by atoms with van der Waals surface area (Å²) in [5, 5.41) is 15.6. The molecule has 0 aliphatic carbocycles. The SMILES string of the molecule is CC1CCCN1C(=O)O.O=C(O)C(F)(F)F. The van der Waals surface area contributed by atoms with Gasteiger partial charge >= 0.3 is 18.2 Å². The van der Waals surface area contributed by atoms with Crippen LogP contribution in [0.25, 0.3) is 0 Å². The van der Waals surface area contributed by atoms with E-state index in [1.807, 2.05) is 6.92 Å². The van der Waals surface area contributed by atoms with Crippen molar-refractivity contribution in [2.45, 2.75) is 32.0 Å². The first kappa shape index (κ1) is 14.5. The molecule has 8 heteroatoms. The van der Waals surface area contributed by atoms with Gasteiger partial charge in [0.2, 0.25) is 0 Å². The van der Waals surface area contributed by atoms with Crippen LogP contribution >= 0.6 is 0 Å². The van der Waals surface area contributed by atoms with E-state index in [9.17, 15) is 18.0 Å². The molecule has 0 aromatic heterocycles. The Morgan fingerprint density at radius 3 is 1.88 bits per heavy atom. The smallest absolute Gasteiger partial charge is 0.475 e. The van der Waals surface area contributed by atoms with E-state index in [-0.39, 0.29) is 6.04 Å². The highest BCUT2D eigenvalue weighted by atomic mass is 19.4. The molecule has 0 saturated carbocycles. The molecule has 1 atom stereocenters. The van der Waals surface area contributed by atoms with Gasteiger partial charge in [0.05, 0.1) is 0 Å². The lowest BCUT2D eigenvalue weighted by molar-refractivity contribution is -0.192. The van der Waals surface area contributed by atoms with Crippen LogP contribution in [0.2, 0.25) is 0 Å². The molecule has 1 unspecified atom stereocenters. The molecular formula is C8H12F3NO4. The van der Waals surface area contributed by atoms with E-state index in [2.05, 4.69) is 0 Å². The number of nitrogens with zero attached hydrogens (tertiary/aromatic N) is 1. The lowest BCUT2D eigenvalue weighted by Crippen LogP contribution is -2.31. The predicted molar refractivity (Wildman–Crippen MR) is 47.1 cm³/mol. The van der Waals surface area contributed by atoms with Crippen molar-refractivity contribution in [1.29, 1.82) is 0 Å². The number of alkyl halides is 3. The number of carbonyl (C=O) groups is 2. The highest BCUT2D eigenvalue weighted by molar-refractivity contribution is 5.73. The van der Waals surface area contributed by atoms with Crippen LogP contribution in [0.1, 0.15) is 19.8 Å². The second-order valence-corrected chi connectivity index (χ2v) is 3.27. The molecule has 1 amide bonds. The number of halogens is 3. The first-order valence-corrected chi connectivity index (χ1v) is 4.46. The van der Waals surface area contributed by atoms with Gasteiger partial charge in [-0.2, -0.15) is 13.2 Å². The Hall–Kier alpha value is -1.47. The van der Waals surface area contributed by atoms with E-state index in [0.717, 1.165) is 19.4 Å². The monoisotopic (exact) mass is 243 g/mol. The summed E-state index contributed by atoms with van der Waals surface area (Å²) in [6.45, 7) is 2.66. The molecule has 1 aliphatic heterocycles. The minimum absolute atomic E-state index is 0.238. The van der Waals surface area contributed by atoms with Crippen molar-refractivity contribution in [3.05, 3.63) is 0 Å². The third-order valence-electron chi connectivity index (χ3n) is 2.04. The summed E-state index contributed by atoms with van der Waals surface area (Å²) in [5.41, 5.74) is 0. The Kier molecular flexibility index (Phi) is 5.06. The van der Waals surface area contributed by atoms with Crippen LogP contribution in [-0.4, -0.2) is 45.9 Å². The van der Waals surface area contributed by atoms with E-state index in [1.54, 1.807) is 0 Å². The molecule has 0 aromatic carbocycles. The molecule has 1 saturated heterocycles. The Morgan fingerprint density at radius 1 is 1.31 bits per heavy atom. The van der Waals surface area contributed by atoms with E-state index in [0.29, 0.717) is 0 Å². The zero-order valence-electron chi connectivity index (χ0n) is 8.49. The zero-order valence-corrected chi connectivity index (χ0v) is 8.49. The summed E-state index contributed by atoms with van der Waals surface area (Å²) in [6.07, 6.45) is -3.82. The largest absolute Gasteiger partial charge is 0.490 e. The molecule has 1 rings (SSSR count). The highest BCUT2D eigenvalue weighted by Gasteiger charge is 2.38. The first-order chi connectivity index (χ1) is 7.16. The predicted octanol–water partition coefficient (Wildman–Crippen LogP) is 1.78. The van der Waals surface area contributed by atoms with Crippen molar-refractivity contribution in [1.82, 2.24) is 4.90 Å². The summed E-state index contributed by atoms with van der Waals surface area (Å²) in [6, 6.07) is 0.238. The fourth-order valence-electron chi connectivity index (χ4n) is 1.22. The quantitative estimate of drug-likeness (QED) is 0.679. The molecule has 94 valence electrons. The third-order valence-corrected chi connectivity index (χ3v) is 2.04. The van der Waals surface area contributed by atoms with Crippen LogP contribution < -0.4 is 0 Å². The summed E-state index contributed by atoms with van der Waals surface area (Å²) >= 11 is 0. The van der Waals surface area contributed by atoms with Crippen LogP contribution in [0.5, 0.6) is 0 Å². The average molecular weight is 243 g/mol. The molecule has 5 nitrogen and oxygen atoms in total. The van der Waals surface area contributed by atoms with Gasteiger partial charge in [-0.1, -0.05) is 0 Å². The highest BCUT2D eigenvalue weighted by Crippen LogP contribution is 2.15. The topological polar surface area (TPSA) is 77.8 Å². The van der Waals surface area contributed by atoms with Gasteiger partial charge in [-0.3, -0.25) is 0 Å². The van der Waals surface area contributed by atoms with Gasteiger partial charge in [-0.05, 0) is 19.8 Å². The van der Waals surface area contributed by atoms with E-state index in [4.69, 9.17) is 15.0 Å². The minimum atomic E-state index is -5.08. The number of hydrogen-bond donors (Lipinski definition) is 2. The summed E-state index contributed by atoms with van der Waals surface area (Å²) in [7, 11) is 0. The van der Waals surface area contributed by atoms with Gasteiger partial charge in [-0.15, -0.1) is 0 Å². The van der Waals surface area contributed by atoms with Crippen molar-refractivity contribution < 1.29 is 33.0 Å². The number of hydrogen-bond acceptors (Lipinski definition) is 2. The summed E-state index contributed by atoms with van der Waals surface area (Å²) in [4.78, 5) is 20.7. The van der Waals surface area contributed by atoms with Crippen LogP contribution in [0.4, 0.5) is 18.0 Å². The fourth-order valence-corrected chi connectivity index (χ4v) is 1.22. The summed E-state index contributed by atoms with van der Waals surface area (Å²) in [5.74, 6) is -2.76. The van der Waals surface area contributed by atoms with Crippen molar-refractivity contribution in [3.8, 4) is 0 Å². The number of carboxylic acids is 1. The van der Waals surface area contributed by atoms with E-state index in [1.165, 1.54) is 4.90 Å². The van der Waals surface area contributed by atoms with E-state index >= 15 is 0 Å². The van der Waals surface area contributed by atoms with Gasteiger partial charge in [-0.25, -0.2) is 9.59 Å². The van der Waals surface area contributed by atoms with Crippen molar-refractivity contribution in [2.24, 2.45) is 0 Å². The van der Waals surface area contributed by atoms with E-state index < -0.39 is 18.2 Å². The molecule has 16 heavy (non-hydrogen) atoms. The zero-order chi connectivity index (χ0) is 12.9. The van der Waals surface area contributed by atoms with Crippen LogP contribution in [0.3, 0.4) is 0 Å². The Balaban J connectivity index is 0.000000293. The maximum Gasteiger partial charge on any atom is 0.490 e. The molecule has 0 radical (unpaired) electrons. The average Bonchev–Trinajstić information content (AvgIpc) is 2.50. The lowest BCUT2D eigenvalue weighted by Gasteiger charge is -2.16. The van der Waals surface area contributed by atoms with Crippen LogP contribution in [-0.2, 0) is 4.79 Å². The third kappa shape index (κ3) is 4.85. The molecule has 2 N–H and O–H groups in total. The normalized spacial score (nSPS) is 20.0. The van der Waals surface area contributed by atoms with Crippen molar-refractivity contribution in [3.63, 3.8) is 0 Å². The van der Waals surface area contributed by atoms with Gasteiger partial charge in [0.1, 0.15) is 0 Å². The first-order valence-electron chi connectivity index (χ1n) is 4.46. The van der Waals surface area contributed by atoms with Crippen molar-refractivity contribution in [2.75, 3.05) is 6.54 Å². The van der Waals surface area contributed by atoms with Crippen molar-refractivity contribution >= 4 is 12.1 Å². The molecule has 1 fully saturated rings. The second-order valence-electron chi connectivity index (χ2n) is 3.27. The number of amides is 1. The molecule has 1 aliphatic rings.